The molecule has 1 aliphatic rings. The number of nitrogens with one attached hydrogen (secondary N) is 2. The quantitative estimate of drug-likeness (QED) is 0.526. The molecule has 0 radical (unpaired) electrons. The summed E-state index contributed by atoms with van der Waals surface area (Å²) in [7, 11) is 1.62. The Morgan fingerprint density at radius 2 is 1.71 bits per heavy atom. The number of halogens is 1. The predicted molar refractivity (Wildman–Crippen MR) is 123 cm³/mol. The standard InChI is InChI=1S/C23H24ClN5O2/c1-31-19-10-4-16(5-11-19)23-27-20(24)14-21(28-23)25-17-6-8-18(9-7-17)26-22(30)15-29-12-2-3-13-29/h4-11,14H,2-3,12-13,15H2,1H3,(H,26,30)(H,25,27,28). The molecule has 8 heteroatoms. The van der Waals surface area contributed by atoms with Crippen LogP contribution in [0.25, 0.3) is 11.4 Å². The molecule has 31 heavy (non-hydrogen) atoms. The third-order valence-corrected chi connectivity index (χ3v) is 5.24. The highest BCUT2D eigenvalue weighted by molar-refractivity contribution is 6.29. The number of ether oxygens (including phenoxy) is 1. The summed E-state index contributed by atoms with van der Waals surface area (Å²) in [4.78, 5) is 23.2. The summed E-state index contributed by atoms with van der Waals surface area (Å²) in [6.45, 7) is 2.43. The van der Waals surface area contributed by atoms with E-state index >= 15 is 0 Å². The van der Waals surface area contributed by atoms with E-state index in [-0.39, 0.29) is 5.91 Å². The fourth-order valence-corrected chi connectivity index (χ4v) is 3.66. The fraction of sp³-hybridized carbons (Fsp3) is 0.261. The van der Waals surface area contributed by atoms with Gasteiger partial charge >= 0.3 is 0 Å². The second kappa shape index (κ2) is 9.76. The molecule has 0 saturated carbocycles. The zero-order valence-corrected chi connectivity index (χ0v) is 18.0. The molecule has 1 fully saturated rings. The number of carbonyl (C=O) groups excluding carboxylic acids is 1. The number of likely N-dealkylation sites (tertiary alicyclic amines) is 1. The van der Waals surface area contributed by atoms with Crippen molar-refractivity contribution in [2.75, 3.05) is 37.4 Å². The first-order valence-corrected chi connectivity index (χ1v) is 10.6. The van der Waals surface area contributed by atoms with Crippen molar-refractivity contribution in [2.45, 2.75) is 12.8 Å². The number of anilines is 3. The molecular weight excluding hydrogens is 414 g/mol. The van der Waals surface area contributed by atoms with E-state index in [4.69, 9.17) is 16.3 Å². The van der Waals surface area contributed by atoms with E-state index in [1.54, 1.807) is 13.2 Å². The van der Waals surface area contributed by atoms with Gasteiger partial charge in [0.15, 0.2) is 5.82 Å². The third kappa shape index (κ3) is 5.71. The zero-order chi connectivity index (χ0) is 21.6. The highest BCUT2D eigenvalue weighted by Crippen LogP contribution is 2.25. The van der Waals surface area contributed by atoms with Crippen molar-refractivity contribution in [2.24, 2.45) is 0 Å². The van der Waals surface area contributed by atoms with Gasteiger partial charge in [0.25, 0.3) is 0 Å². The highest BCUT2D eigenvalue weighted by Gasteiger charge is 2.15. The molecule has 1 aromatic heterocycles. The molecule has 2 heterocycles. The molecule has 7 nitrogen and oxygen atoms in total. The molecule has 2 N–H and O–H groups in total. The SMILES string of the molecule is COc1ccc(-c2nc(Cl)cc(Nc3ccc(NC(=O)CN4CCCC4)cc3)n2)cc1. The minimum atomic E-state index is 0.00863. The molecule has 1 amide bonds. The van der Waals surface area contributed by atoms with Crippen molar-refractivity contribution in [3.05, 3.63) is 59.8 Å². The molecular formula is C23H24ClN5O2. The number of hydrogen-bond acceptors (Lipinski definition) is 6. The number of carbonyl (C=O) groups is 1. The van der Waals surface area contributed by atoms with Gasteiger partial charge in [-0.3, -0.25) is 9.69 Å². The summed E-state index contributed by atoms with van der Waals surface area (Å²) in [6.07, 6.45) is 2.34. The summed E-state index contributed by atoms with van der Waals surface area (Å²) in [5.74, 6) is 1.87. The van der Waals surface area contributed by atoms with E-state index < -0.39 is 0 Å². The second-order valence-electron chi connectivity index (χ2n) is 7.36. The minimum Gasteiger partial charge on any atom is -0.497 e. The van der Waals surface area contributed by atoms with Crippen molar-refractivity contribution in [3.8, 4) is 17.1 Å². The minimum absolute atomic E-state index is 0.00863. The number of benzene rings is 2. The molecule has 3 aromatic rings. The Labute approximate surface area is 186 Å². The average molecular weight is 438 g/mol. The first-order chi connectivity index (χ1) is 15.1. The number of nitrogens with zero attached hydrogens (tertiary/aromatic N) is 3. The van der Waals surface area contributed by atoms with Crippen LogP contribution in [0.15, 0.2) is 54.6 Å². The molecule has 0 unspecified atom stereocenters. The summed E-state index contributed by atoms with van der Waals surface area (Å²) in [5, 5.41) is 6.52. The molecule has 1 aliphatic heterocycles. The summed E-state index contributed by atoms with van der Waals surface area (Å²) in [5.41, 5.74) is 2.42. The predicted octanol–water partition coefficient (Wildman–Crippen LogP) is 4.58. The van der Waals surface area contributed by atoms with E-state index in [0.29, 0.717) is 23.3 Å². The van der Waals surface area contributed by atoms with E-state index in [0.717, 1.165) is 35.8 Å². The first kappa shape index (κ1) is 21.1. The van der Waals surface area contributed by atoms with Crippen molar-refractivity contribution >= 4 is 34.7 Å². The normalized spacial score (nSPS) is 13.7. The molecule has 0 atom stereocenters. The molecule has 2 aromatic carbocycles. The first-order valence-electron chi connectivity index (χ1n) is 10.2. The molecule has 0 bridgehead atoms. The highest BCUT2D eigenvalue weighted by atomic mass is 35.5. The van der Waals surface area contributed by atoms with Gasteiger partial charge in [-0.2, -0.15) is 0 Å². The molecule has 0 aliphatic carbocycles. The van der Waals surface area contributed by atoms with Crippen LogP contribution >= 0.6 is 11.6 Å². The smallest absolute Gasteiger partial charge is 0.238 e. The van der Waals surface area contributed by atoms with Crippen LogP contribution in [0.4, 0.5) is 17.2 Å². The van der Waals surface area contributed by atoms with Crippen molar-refractivity contribution in [1.29, 1.82) is 0 Å². The van der Waals surface area contributed by atoms with Gasteiger partial charge in [0, 0.05) is 23.0 Å². The Kier molecular flexibility index (Phi) is 6.64. The maximum Gasteiger partial charge on any atom is 0.238 e. The van der Waals surface area contributed by atoms with Crippen molar-refractivity contribution in [3.63, 3.8) is 0 Å². The molecule has 1 saturated heterocycles. The largest absolute Gasteiger partial charge is 0.497 e. The number of amides is 1. The van der Waals surface area contributed by atoms with Gasteiger partial charge in [0.05, 0.1) is 13.7 Å². The zero-order valence-electron chi connectivity index (χ0n) is 17.3. The van der Waals surface area contributed by atoms with Gasteiger partial charge in [-0.25, -0.2) is 9.97 Å². The van der Waals surface area contributed by atoms with Gasteiger partial charge in [0.2, 0.25) is 5.91 Å². The van der Waals surface area contributed by atoms with Crippen LogP contribution in [0.1, 0.15) is 12.8 Å². The van der Waals surface area contributed by atoms with Gasteiger partial charge in [-0.1, -0.05) is 11.6 Å². The Morgan fingerprint density at radius 3 is 2.39 bits per heavy atom. The van der Waals surface area contributed by atoms with Crippen LogP contribution in [0.2, 0.25) is 5.15 Å². The lowest BCUT2D eigenvalue weighted by atomic mass is 10.2. The number of hydrogen-bond donors (Lipinski definition) is 2. The summed E-state index contributed by atoms with van der Waals surface area (Å²) < 4.78 is 5.19. The lowest BCUT2D eigenvalue weighted by Crippen LogP contribution is -2.30. The van der Waals surface area contributed by atoms with Gasteiger partial charge in [-0.05, 0) is 74.5 Å². The van der Waals surface area contributed by atoms with Gasteiger partial charge < -0.3 is 15.4 Å². The van der Waals surface area contributed by atoms with E-state index in [1.807, 2.05) is 48.5 Å². The van der Waals surface area contributed by atoms with Crippen LogP contribution in [-0.2, 0) is 4.79 Å². The lowest BCUT2D eigenvalue weighted by Gasteiger charge is -2.14. The van der Waals surface area contributed by atoms with E-state index in [2.05, 4.69) is 25.5 Å². The Bertz CT molecular complexity index is 1030. The van der Waals surface area contributed by atoms with E-state index in [1.165, 1.54) is 12.8 Å². The Morgan fingerprint density at radius 1 is 1.03 bits per heavy atom. The molecule has 0 spiro atoms. The second-order valence-corrected chi connectivity index (χ2v) is 7.75. The maximum absolute atomic E-state index is 12.2. The van der Waals surface area contributed by atoms with Crippen molar-refractivity contribution in [1.82, 2.24) is 14.9 Å². The average Bonchev–Trinajstić information content (AvgIpc) is 3.28. The topological polar surface area (TPSA) is 79.4 Å². The van der Waals surface area contributed by atoms with Gasteiger partial charge in [-0.15, -0.1) is 0 Å². The van der Waals surface area contributed by atoms with Crippen LogP contribution in [0, 0.1) is 0 Å². The fourth-order valence-electron chi connectivity index (χ4n) is 3.48. The third-order valence-electron chi connectivity index (χ3n) is 5.05. The molecule has 4 rings (SSSR count). The van der Waals surface area contributed by atoms with Crippen molar-refractivity contribution < 1.29 is 9.53 Å². The summed E-state index contributed by atoms with van der Waals surface area (Å²) in [6, 6.07) is 16.6. The maximum atomic E-state index is 12.2. The van der Waals surface area contributed by atoms with Crippen LogP contribution in [0.3, 0.4) is 0 Å². The number of methoxy groups -OCH3 is 1. The van der Waals surface area contributed by atoms with Crippen LogP contribution in [0.5, 0.6) is 5.75 Å². The summed E-state index contributed by atoms with van der Waals surface area (Å²) >= 11 is 6.21. The Hall–Kier alpha value is -3.16. The number of aromatic nitrogens is 2. The van der Waals surface area contributed by atoms with E-state index in [9.17, 15) is 4.79 Å². The lowest BCUT2D eigenvalue weighted by molar-refractivity contribution is -0.117. The number of rotatable bonds is 7. The Balaban J connectivity index is 1.41. The monoisotopic (exact) mass is 437 g/mol. The van der Waals surface area contributed by atoms with Gasteiger partial charge in [0.1, 0.15) is 16.7 Å². The van der Waals surface area contributed by atoms with Crippen LogP contribution < -0.4 is 15.4 Å². The molecule has 160 valence electrons. The van der Waals surface area contributed by atoms with Crippen LogP contribution in [-0.4, -0.2) is 47.5 Å².